The summed E-state index contributed by atoms with van der Waals surface area (Å²) < 4.78 is 0. The maximum Gasteiger partial charge on any atom is 0.340 e. The topological polar surface area (TPSA) is 83.3 Å². The molecule has 1 heterocycles. The molecule has 0 saturated carbocycles. The summed E-state index contributed by atoms with van der Waals surface area (Å²) in [5.41, 5.74) is 0.496. The fourth-order valence-corrected chi connectivity index (χ4v) is 1.46. The van der Waals surface area contributed by atoms with E-state index in [9.17, 15) is 4.79 Å². The molecule has 0 amide bonds. The number of carboxylic acid groups (broad SMARTS) is 1. The largest absolute Gasteiger partial charge is 0.508 e. The fourth-order valence-electron chi connectivity index (χ4n) is 1.25. The lowest BCUT2D eigenvalue weighted by molar-refractivity contribution is 0.0696. The summed E-state index contributed by atoms with van der Waals surface area (Å²) >= 11 is 5.72. The molecule has 2 rings (SSSR count). The molecular formula is C11H7ClN2O3. The zero-order chi connectivity index (χ0) is 12.4. The number of phenols is 1. The van der Waals surface area contributed by atoms with Crippen molar-refractivity contribution >= 4 is 17.6 Å². The predicted octanol–water partition coefficient (Wildman–Crippen LogP) is 2.20. The monoisotopic (exact) mass is 250 g/mol. The van der Waals surface area contributed by atoms with Crippen molar-refractivity contribution in [1.82, 2.24) is 9.97 Å². The van der Waals surface area contributed by atoms with Crippen LogP contribution in [0.3, 0.4) is 0 Å². The lowest BCUT2D eigenvalue weighted by Gasteiger charge is -2.02. The number of benzene rings is 1. The van der Waals surface area contributed by atoms with E-state index in [-0.39, 0.29) is 16.5 Å². The molecule has 2 N–H and O–H groups in total. The summed E-state index contributed by atoms with van der Waals surface area (Å²) in [6.07, 6.45) is 1.15. The Kier molecular flexibility index (Phi) is 2.93. The molecule has 1 aromatic heterocycles. The molecule has 17 heavy (non-hydrogen) atoms. The smallest absolute Gasteiger partial charge is 0.340 e. The number of halogens is 1. The average molecular weight is 251 g/mol. The van der Waals surface area contributed by atoms with E-state index in [0.717, 1.165) is 6.20 Å². The maximum atomic E-state index is 10.7. The molecule has 0 unspecified atom stereocenters. The van der Waals surface area contributed by atoms with E-state index in [4.69, 9.17) is 21.8 Å². The van der Waals surface area contributed by atoms with Gasteiger partial charge in [-0.2, -0.15) is 0 Å². The van der Waals surface area contributed by atoms with Crippen LogP contribution < -0.4 is 0 Å². The fraction of sp³-hybridized carbons (Fsp3) is 0. The second-order valence-corrected chi connectivity index (χ2v) is 3.61. The van der Waals surface area contributed by atoms with Gasteiger partial charge in [-0.3, -0.25) is 0 Å². The number of rotatable bonds is 2. The molecule has 6 heteroatoms. The number of aromatic carboxylic acids is 1. The second-order valence-electron chi connectivity index (χ2n) is 3.25. The van der Waals surface area contributed by atoms with Crippen LogP contribution in [0.1, 0.15) is 10.4 Å². The van der Waals surface area contributed by atoms with E-state index in [2.05, 4.69) is 9.97 Å². The molecule has 0 spiro atoms. The number of aromatic nitrogens is 2. The van der Waals surface area contributed by atoms with Crippen molar-refractivity contribution in [1.29, 1.82) is 0 Å². The molecule has 86 valence electrons. The van der Waals surface area contributed by atoms with E-state index in [1.807, 2.05) is 0 Å². The van der Waals surface area contributed by atoms with Gasteiger partial charge >= 0.3 is 5.97 Å². The van der Waals surface area contributed by atoms with Gasteiger partial charge in [-0.05, 0) is 24.3 Å². The maximum absolute atomic E-state index is 10.7. The predicted molar refractivity (Wildman–Crippen MR) is 61.1 cm³/mol. The molecule has 0 fully saturated rings. The van der Waals surface area contributed by atoms with Crippen LogP contribution in [0.2, 0.25) is 5.15 Å². The van der Waals surface area contributed by atoms with Crippen molar-refractivity contribution < 1.29 is 15.0 Å². The first-order chi connectivity index (χ1) is 8.08. The lowest BCUT2D eigenvalue weighted by atomic mass is 10.2. The van der Waals surface area contributed by atoms with Gasteiger partial charge in [0.25, 0.3) is 0 Å². The van der Waals surface area contributed by atoms with Crippen molar-refractivity contribution in [2.24, 2.45) is 0 Å². The average Bonchev–Trinajstić information content (AvgIpc) is 2.29. The highest BCUT2D eigenvalue weighted by Crippen LogP contribution is 2.21. The van der Waals surface area contributed by atoms with Gasteiger partial charge in [0.15, 0.2) is 5.82 Å². The van der Waals surface area contributed by atoms with Gasteiger partial charge in [-0.25, -0.2) is 14.8 Å². The van der Waals surface area contributed by atoms with Gasteiger partial charge in [0, 0.05) is 11.8 Å². The van der Waals surface area contributed by atoms with Crippen LogP contribution in [-0.2, 0) is 0 Å². The Labute approximate surface area is 101 Å². The number of phenolic OH excluding ortho intramolecular Hbond substituents is 1. The Bertz CT molecular complexity index is 569. The van der Waals surface area contributed by atoms with Crippen molar-refractivity contribution in [2.75, 3.05) is 0 Å². The number of hydrogen-bond acceptors (Lipinski definition) is 4. The molecule has 2 aromatic rings. The molecule has 0 aliphatic rings. The van der Waals surface area contributed by atoms with Crippen LogP contribution in [0.4, 0.5) is 0 Å². The molecule has 0 aliphatic heterocycles. The molecule has 0 atom stereocenters. The minimum absolute atomic E-state index is 0.115. The van der Waals surface area contributed by atoms with Crippen LogP contribution in [0.5, 0.6) is 5.75 Å². The third-order valence-electron chi connectivity index (χ3n) is 2.10. The lowest BCUT2D eigenvalue weighted by Crippen LogP contribution is -2.01. The van der Waals surface area contributed by atoms with E-state index in [1.165, 1.54) is 12.1 Å². The van der Waals surface area contributed by atoms with Crippen LogP contribution in [0.15, 0.2) is 30.5 Å². The number of hydrogen-bond donors (Lipinski definition) is 2. The second kappa shape index (κ2) is 4.39. The standard InChI is InChI=1S/C11H7ClN2O3/c12-9-8(11(16)17)5-13-10(14-9)6-1-3-7(15)4-2-6/h1-5,15H,(H,16,17). The summed E-state index contributed by atoms with van der Waals surface area (Å²) in [5, 5.41) is 17.8. The first-order valence-corrected chi connectivity index (χ1v) is 5.01. The summed E-state index contributed by atoms with van der Waals surface area (Å²) in [6.45, 7) is 0. The quantitative estimate of drug-likeness (QED) is 0.799. The number of carbonyl (C=O) groups is 1. The highest BCUT2D eigenvalue weighted by molar-refractivity contribution is 6.32. The summed E-state index contributed by atoms with van der Waals surface area (Å²) in [6, 6.07) is 6.19. The highest BCUT2D eigenvalue weighted by atomic mass is 35.5. The van der Waals surface area contributed by atoms with Crippen LogP contribution in [0.25, 0.3) is 11.4 Å². The first-order valence-electron chi connectivity index (χ1n) is 4.63. The van der Waals surface area contributed by atoms with E-state index >= 15 is 0 Å². The number of carboxylic acids is 1. The Morgan fingerprint density at radius 1 is 1.24 bits per heavy atom. The van der Waals surface area contributed by atoms with Crippen LogP contribution >= 0.6 is 11.6 Å². The Morgan fingerprint density at radius 3 is 2.41 bits per heavy atom. The molecule has 0 aliphatic carbocycles. The summed E-state index contributed by atoms with van der Waals surface area (Å²) in [5.74, 6) is -0.741. The Hall–Kier alpha value is -2.14. The number of aromatic hydroxyl groups is 1. The first kappa shape index (κ1) is 11.3. The van der Waals surface area contributed by atoms with Crippen molar-refractivity contribution in [3.05, 3.63) is 41.2 Å². The highest BCUT2D eigenvalue weighted by Gasteiger charge is 2.12. The molecular weight excluding hydrogens is 244 g/mol. The summed E-state index contributed by atoms with van der Waals surface area (Å²) in [4.78, 5) is 18.5. The van der Waals surface area contributed by atoms with Crippen LogP contribution in [-0.4, -0.2) is 26.2 Å². The van der Waals surface area contributed by atoms with Gasteiger partial charge in [-0.1, -0.05) is 11.6 Å². The third kappa shape index (κ3) is 2.34. The van der Waals surface area contributed by atoms with Gasteiger partial charge in [0.05, 0.1) is 0 Å². The number of nitrogens with zero attached hydrogens (tertiary/aromatic N) is 2. The SMILES string of the molecule is O=C(O)c1cnc(-c2ccc(O)cc2)nc1Cl. The molecule has 0 bridgehead atoms. The van der Waals surface area contributed by atoms with Crippen molar-refractivity contribution in [3.63, 3.8) is 0 Å². The third-order valence-corrected chi connectivity index (χ3v) is 2.39. The Morgan fingerprint density at radius 2 is 1.88 bits per heavy atom. The van der Waals surface area contributed by atoms with Gasteiger partial charge in [-0.15, -0.1) is 0 Å². The minimum atomic E-state index is -1.17. The van der Waals surface area contributed by atoms with E-state index in [1.54, 1.807) is 12.1 Å². The minimum Gasteiger partial charge on any atom is -0.508 e. The van der Waals surface area contributed by atoms with Gasteiger partial charge in [0.2, 0.25) is 0 Å². The normalized spacial score (nSPS) is 10.2. The molecule has 1 aromatic carbocycles. The molecule has 0 saturated heterocycles. The van der Waals surface area contributed by atoms with E-state index < -0.39 is 5.97 Å². The zero-order valence-electron chi connectivity index (χ0n) is 8.46. The zero-order valence-corrected chi connectivity index (χ0v) is 9.22. The van der Waals surface area contributed by atoms with Gasteiger partial charge < -0.3 is 10.2 Å². The van der Waals surface area contributed by atoms with Crippen molar-refractivity contribution in [2.45, 2.75) is 0 Å². The van der Waals surface area contributed by atoms with Crippen molar-refractivity contribution in [3.8, 4) is 17.1 Å². The van der Waals surface area contributed by atoms with Gasteiger partial charge in [0.1, 0.15) is 16.5 Å². The molecule has 0 radical (unpaired) electrons. The van der Waals surface area contributed by atoms with E-state index in [0.29, 0.717) is 11.4 Å². The molecule has 5 nitrogen and oxygen atoms in total. The summed E-state index contributed by atoms with van der Waals surface area (Å²) in [7, 11) is 0. The Balaban J connectivity index is 2.44. The van der Waals surface area contributed by atoms with Crippen LogP contribution in [0, 0.1) is 0 Å².